The number of hydrogen-bond acceptors (Lipinski definition) is 5. The Labute approximate surface area is 139 Å². The van der Waals surface area contributed by atoms with Gasteiger partial charge in [0.05, 0.1) is 25.9 Å². The molecule has 2 heterocycles. The molecular weight excluding hydrogens is 308 g/mol. The Hall–Kier alpha value is -3.27. The number of ether oxygens (including phenoxy) is 2. The highest BCUT2D eigenvalue weighted by Crippen LogP contribution is 2.25. The first-order valence-electron chi connectivity index (χ1n) is 7.42. The van der Waals surface area contributed by atoms with E-state index in [2.05, 4.69) is 10.3 Å². The van der Waals surface area contributed by atoms with Crippen LogP contribution in [0.5, 0.6) is 11.6 Å². The Balaban J connectivity index is 1.55. The number of nitrogens with one attached hydrogen (secondary N) is 1. The van der Waals surface area contributed by atoms with Crippen molar-refractivity contribution in [1.82, 2.24) is 9.88 Å². The lowest BCUT2D eigenvalue weighted by Crippen LogP contribution is -2.57. The van der Waals surface area contributed by atoms with Gasteiger partial charge in [-0.15, -0.1) is 0 Å². The predicted molar refractivity (Wildman–Crippen MR) is 87.0 cm³/mol. The molecule has 7 heteroatoms. The lowest BCUT2D eigenvalue weighted by Gasteiger charge is -2.38. The summed E-state index contributed by atoms with van der Waals surface area (Å²) in [6, 6.07) is 12.4. The molecule has 1 aliphatic rings. The third-order valence-corrected chi connectivity index (χ3v) is 3.65. The Morgan fingerprint density at radius 2 is 2.12 bits per heavy atom. The highest BCUT2D eigenvalue weighted by atomic mass is 16.5. The minimum absolute atomic E-state index is 0.171. The number of urea groups is 1. The number of nitriles is 1. The molecule has 0 atom stereocenters. The number of carbonyl (C=O) groups is 1. The first kappa shape index (κ1) is 15.6. The van der Waals surface area contributed by atoms with Crippen molar-refractivity contribution in [3.05, 3.63) is 48.2 Å². The van der Waals surface area contributed by atoms with Gasteiger partial charge in [-0.1, -0.05) is 12.1 Å². The highest BCUT2D eigenvalue weighted by molar-refractivity contribution is 5.91. The summed E-state index contributed by atoms with van der Waals surface area (Å²) in [5.41, 5.74) is 1.00. The average molecular weight is 324 g/mol. The molecule has 1 fully saturated rings. The minimum atomic E-state index is -0.221. The Morgan fingerprint density at radius 3 is 2.88 bits per heavy atom. The van der Waals surface area contributed by atoms with Gasteiger partial charge in [0, 0.05) is 6.20 Å². The molecule has 0 unspecified atom stereocenters. The zero-order valence-electron chi connectivity index (χ0n) is 13.1. The third-order valence-electron chi connectivity index (χ3n) is 3.65. The zero-order valence-corrected chi connectivity index (χ0v) is 13.1. The average Bonchev–Trinajstić information content (AvgIpc) is 2.58. The van der Waals surface area contributed by atoms with E-state index >= 15 is 0 Å². The van der Waals surface area contributed by atoms with Crippen molar-refractivity contribution in [1.29, 1.82) is 5.26 Å². The molecule has 1 aromatic carbocycles. The number of methoxy groups -OCH3 is 1. The van der Waals surface area contributed by atoms with E-state index in [0.29, 0.717) is 36.0 Å². The van der Waals surface area contributed by atoms with Crippen molar-refractivity contribution in [3.8, 4) is 17.7 Å². The van der Waals surface area contributed by atoms with Crippen molar-refractivity contribution in [2.45, 2.75) is 6.10 Å². The van der Waals surface area contributed by atoms with Crippen molar-refractivity contribution in [2.24, 2.45) is 0 Å². The molecule has 1 aliphatic heterocycles. The van der Waals surface area contributed by atoms with Crippen LogP contribution in [0.1, 0.15) is 5.56 Å². The number of pyridine rings is 1. The van der Waals surface area contributed by atoms with Crippen molar-refractivity contribution >= 4 is 11.7 Å². The summed E-state index contributed by atoms with van der Waals surface area (Å²) in [6.45, 7) is 0.866. The van der Waals surface area contributed by atoms with Crippen LogP contribution < -0.4 is 14.8 Å². The van der Waals surface area contributed by atoms with E-state index in [9.17, 15) is 4.79 Å². The van der Waals surface area contributed by atoms with E-state index in [1.165, 1.54) is 0 Å². The van der Waals surface area contributed by atoms with Crippen LogP contribution in [0.4, 0.5) is 10.5 Å². The normalized spacial score (nSPS) is 13.6. The van der Waals surface area contributed by atoms with Crippen molar-refractivity contribution < 1.29 is 14.3 Å². The summed E-state index contributed by atoms with van der Waals surface area (Å²) < 4.78 is 10.9. The topological polar surface area (TPSA) is 87.5 Å². The number of hydrogen-bond donors (Lipinski definition) is 1. The van der Waals surface area contributed by atoms with Gasteiger partial charge >= 0.3 is 6.03 Å². The van der Waals surface area contributed by atoms with Crippen LogP contribution in [0.15, 0.2) is 42.6 Å². The Morgan fingerprint density at radius 1 is 1.33 bits per heavy atom. The smallest absolute Gasteiger partial charge is 0.322 e. The predicted octanol–water partition coefficient (Wildman–Crippen LogP) is 2.26. The fraction of sp³-hybridized carbons (Fsp3) is 0.235. The van der Waals surface area contributed by atoms with E-state index in [1.807, 2.05) is 18.2 Å². The molecule has 2 aromatic rings. The maximum atomic E-state index is 12.2. The van der Waals surface area contributed by atoms with Crippen LogP contribution in [0.25, 0.3) is 0 Å². The fourth-order valence-electron chi connectivity index (χ4n) is 2.35. The molecule has 0 aliphatic carbocycles. The van der Waals surface area contributed by atoms with Gasteiger partial charge in [-0.05, 0) is 24.3 Å². The van der Waals surface area contributed by atoms with Crippen LogP contribution in [0.3, 0.4) is 0 Å². The summed E-state index contributed by atoms with van der Waals surface area (Å²) >= 11 is 0. The number of para-hydroxylation sites is 2. The van der Waals surface area contributed by atoms with Gasteiger partial charge in [0.1, 0.15) is 23.5 Å². The van der Waals surface area contributed by atoms with Crippen LogP contribution in [0.2, 0.25) is 0 Å². The SMILES string of the molecule is COc1ccccc1NC(=O)N1CC(Oc2ncccc2C#N)C1. The molecule has 0 saturated carbocycles. The molecule has 0 radical (unpaired) electrons. The van der Waals surface area contributed by atoms with Gasteiger partial charge < -0.3 is 19.7 Å². The van der Waals surface area contributed by atoms with E-state index in [-0.39, 0.29) is 12.1 Å². The van der Waals surface area contributed by atoms with Gasteiger partial charge in [0.15, 0.2) is 0 Å². The van der Waals surface area contributed by atoms with E-state index in [1.54, 1.807) is 42.5 Å². The molecule has 122 valence electrons. The highest BCUT2D eigenvalue weighted by Gasteiger charge is 2.33. The molecule has 1 aromatic heterocycles. The number of amides is 2. The number of rotatable bonds is 4. The van der Waals surface area contributed by atoms with Gasteiger partial charge in [-0.25, -0.2) is 9.78 Å². The monoisotopic (exact) mass is 324 g/mol. The summed E-state index contributed by atoms with van der Waals surface area (Å²) in [7, 11) is 1.55. The van der Waals surface area contributed by atoms with Gasteiger partial charge in [-0.3, -0.25) is 0 Å². The van der Waals surface area contributed by atoms with E-state index in [0.717, 1.165) is 0 Å². The first-order chi connectivity index (χ1) is 11.7. The third kappa shape index (κ3) is 3.22. The molecule has 24 heavy (non-hydrogen) atoms. The maximum Gasteiger partial charge on any atom is 0.322 e. The largest absolute Gasteiger partial charge is 0.495 e. The number of benzene rings is 1. The maximum absolute atomic E-state index is 12.2. The Bertz CT molecular complexity index is 781. The number of aromatic nitrogens is 1. The zero-order chi connectivity index (χ0) is 16.9. The minimum Gasteiger partial charge on any atom is -0.495 e. The van der Waals surface area contributed by atoms with Gasteiger partial charge in [0.2, 0.25) is 5.88 Å². The summed E-state index contributed by atoms with van der Waals surface area (Å²) in [6.07, 6.45) is 1.40. The quantitative estimate of drug-likeness (QED) is 0.932. The van der Waals surface area contributed by atoms with Crippen molar-refractivity contribution in [3.63, 3.8) is 0 Å². The van der Waals surface area contributed by atoms with Crippen LogP contribution in [0, 0.1) is 11.3 Å². The summed E-state index contributed by atoms with van der Waals surface area (Å²) in [4.78, 5) is 17.9. The fourth-order valence-corrected chi connectivity index (χ4v) is 2.35. The van der Waals surface area contributed by atoms with Gasteiger partial charge in [-0.2, -0.15) is 5.26 Å². The lowest BCUT2D eigenvalue weighted by atomic mass is 10.2. The number of nitrogens with zero attached hydrogens (tertiary/aromatic N) is 3. The standard InChI is InChI=1S/C17H16N4O3/c1-23-15-7-3-2-6-14(15)20-17(22)21-10-13(11-21)24-16-12(9-18)5-4-8-19-16/h2-8,13H,10-11H2,1H3,(H,20,22). The Kier molecular flexibility index (Phi) is 4.47. The van der Waals surface area contributed by atoms with Crippen LogP contribution in [-0.2, 0) is 0 Å². The second-order valence-corrected chi connectivity index (χ2v) is 5.24. The molecular formula is C17H16N4O3. The molecule has 0 spiro atoms. The number of carbonyl (C=O) groups excluding carboxylic acids is 1. The van der Waals surface area contributed by atoms with Gasteiger partial charge in [0.25, 0.3) is 0 Å². The molecule has 0 bridgehead atoms. The van der Waals surface area contributed by atoms with E-state index < -0.39 is 0 Å². The molecule has 7 nitrogen and oxygen atoms in total. The molecule has 3 rings (SSSR count). The second-order valence-electron chi connectivity index (χ2n) is 5.24. The molecule has 1 N–H and O–H groups in total. The van der Waals surface area contributed by atoms with Crippen LogP contribution in [-0.4, -0.2) is 42.2 Å². The number of likely N-dealkylation sites (tertiary alicyclic amines) is 1. The molecule has 2 amide bonds. The van der Waals surface area contributed by atoms with E-state index in [4.69, 9.17) is 14.7 Å². The second kappa shape index (κ2) is 6.87. The number of anilines is 1. The molecule has 1 saturated heterocycles. The van der Waals surface area contributed by atoms with Crippen molar-refractivity contribution in [2.75, 3.05) is 25.5 Å². The van der Waals surface area contributed by atoms with Crippen LogP contribution >= 0.6 is 0 Å². The summed E-state index contributed by atoms with van der Waals surface area (Å²) in [5.74, 6) is 0.904. The lowest BCUT2D eigenvalue weighted by molar-refractivity contribution is 0.0458. The first-order valence-corrected chi connectivity index (χ1v) is 7.42. The summed E-state index contributed by atoms with van der Waals surface area (Å²) in [5, 5.41) is 11.8.